The first-order valence-electron chi connectivity index (χ1n) is 9.64. The highest BCUT2D eigenvalue weighted by atomic mass is 35.5. The van der Waals surface area contributed by atoms with Crippen molar-refractivity contribution in [1.29, 1.82) is 5.26 Å². The Morgan fingerprint density at radius 1 is 1.28 bits per heavy atom. The number of halogens is 4. The molecule has 1 aliphatic rings. The van der Waals surface area contributed by atoms with E-state index in [1.165, 1.54) is 33.6 Å². The van der Waals surface area contributed by atoms with E-state index in [0.717, 1.165) is 13.5 Å². The quantitative estimate of drug-likeness (QED) is 0.578. The molecule has 0 atom stereocenters. The van der Waals surface area contributed by atoms with Gasteiger partial charge in [0.15, 0.2) is 11.4 Å². The fourth-order valence-corrected chi connectivity index (χ4v) is 4.17. The van der Waals surface area contributed by atoms with Crippen molar-refractivity contribution >= 4 is 23.3 Å². The molecule has 0 saturated carbocycles. The number of alkyl halides is 3. The number of benzene rings is 1. The molecule has 166 valence electrons. The van der Waals surface area contributed by atoms with Gasteiger partial charge in [-0.2, -0.15) is 23.5 Å². The molecule has 11 heteroatoms. The molecule has 7 nitrogen and oxygen atoms in total. The summed E-state index contributed by atoms with van der Waals surface area (Å²) in [6.45, 7) is 0. The number of nitriles is 1. The maximum atomic E-state index is 13.7. The Kier molecular flexibility index (Phi) is 5.38. The molecule has 0 fully saturated rings. The summed E-state index contributed by atoms with van der Waals surface area (Å²) in [5.74, 6) is -0.812. The number of carbonyl (C=O) groups is 1. The third kappa shape index (κ3) is 3.48. The number of aromatic nitrogens is 3. The van der Waals surface area contributed by atoms with Crippen molar-refractivity contribution in [2.45, 2.75) is 31.9 Å². The number of carbonyl (C=O) groups excluding carboxylic acids is 1. The van der Waals surface area contributed by atoms with Crippen LogP contribution < -0.4 is 5.73 Å². The molecule has 0 amide bonds. The number of nitrogens with zero attached hydrogens (tertiary/aromatic N) is 4. The Balaban J connectivity index is 2.03. The summed E-state index contributed by atoms with van der Waals surface area (Å²) in [5.41, 5.74) is 5.93. The number of nitrogen functional groups attached to an aromatic ring is 1. The summed E-state index contributed by atoms with van der Waals surface area (Å²) in [5, 5.41) is 13.6. The van der Waals surface area contributed by atoms with Crippen LogP contribution in [0.25, 0.3) is 11.4 Å². The lowest BCUT2D eigenvalue weighted by Gasteiger charge is -2.18. The fourth-order valence-electron chi connectivity index (χ4n) is 4.00. The van der Waals surface area contributed by atoms with Crippen LogP contribution in [0.1, 0.15) is 45.8 Å². The summed E-state index contributed by atoms with van der Waals surface area (Å²) in [6, 6.07) is 6.39. The van der Waals surface area contributed by atoms with Gasteiger partial charge in [0.05, 0.1) is 29.7 Å². The predicted molar refractivity (Wildman–Crippen MR) is 110 cm³/mol. The molecular weight excluding hydrogens is 447 g/mol. The zero-order chi connectivity index (χ0) is 23.2. The molecule has 0 radical (unpaired) electrons. The number of methoxy groups -OCH3 is 1. The number of rotatable bonds is 3. The summed E-state index contributed by atoms with van der Waals surface area (Å²) in [4.78, 5) is 12.4. The number of nitrogens with two attached hydrogens (primary N) is 1. The zero-order valence-corrected chi connectivity index (χ0v) is 17.6. The maximum Gasteiger partial charge on any atom is 0.435 e. The molecule has 0 saturated heterocycles. The van der Waals surface area contributed by atoms with E-state index in [0.29, 0.717) is 18.5 Å². The van der Waals surface area contributed by atoms with Crippen LogP contribution in [0.4, 0.5) is 18.9 Å². The average Bonchev–Trinajstić information content (AvgIpc) is 3.31. The first-order chi connectivity index (χ1) is 15.2. The van der Waals surface area contributed by atoms with Gasteiger partial charge in [-0.3, -0.25) is 0 Å². The van der Waals surface area contributed by atoms with E-state index in [-0.39, 0.29) is 45.3 Å². The number of hydrogen-bond acceptors (Lipinski definition) is 5. The van der Waals surface area contributed by atoms with Crippen LogP contribution in [0.3, 0.4) is 0 Å². The van der Waals surface area contributed by atoms with Crippen molar-refractivity contribution in [3.63, 3.8) is 0 Å². The Labute approximate surface area is 185 Å². The van der Waals surface area contributed by atoms with Crippen molar-refractivity contribution < 1.29 is 22.7 Å². The van der Waals surface area contributed by atoms with Crippen LogP contribution >= 0.6 is 11.6 Å². The van der Waals surface area contributed by atoms with Gasteiger partial charge in [-0.25, -0.2) is 9.48 Å². The second-order valence-corrected chi connectivity index (χ2v) is 7.74. The molecule has 3 aromatic rings. The monoisotopic (exact) mass is 463 g/mol. The van der Waals surface area contributed by atoms with Crippen LogP contribution in [-0.4, -0.2) is 27.4 Å². The number of fused-ring (bicyclic) bond motifs is 1. The lowest BCUT2D eigenvalue weighted by atomic mass is 9.95. The Hall–Kier alpha value is -3.45. The van der Waals surface area contributed by atoms with Crippen LogP contribution in [0.5, 0.6) is 0 Å². The number of esters is 1. The number of anilines is 1. The molecule has 32 heavy (non-hydrogen) atoms. The summed E-state index contributed by atoms with van der Waals surface area (Å²) in [7, 11) is 1.16. The van der Waals surface area contributed by atoms with Crippen molar-refractivity contribution in [3.8, 4) is 17.4 Å². The minimum absolute atomic E-state index is 0.00907. The van der Waals surface area contributed by atoms with Gasteiger partial charge in [-0.05, 0) is 43.9 Å². The lowest BCUT2D eigenvalue weighted by Crippen LogP contribution is -2.14. The SMILES string of the molecule is COC(=O)c1c(N)c(C#N)cn1-c1cc(Cl)ccc1-n1nc(C(F)(F)F)c2c1CCCC2. The Morgan fingerprint density at radius 2 is 2.00 bits per heavy atom. The Bertz CT molecular complexity index is 1270. The van der Waals surface area contributed by atoms with Crippen molar-refractivity contribution in [2.75, 3.05) is 12.8 Å². The van der Waals surface area contributed by atoms with E-state index in [1.54, 1.807) is 0 Å². The molecule has 0 unspecified atom stereocenters. The molecule has 2 heterocycles. The normalized spacial score (nSPS) is 13.5. The average molecular weight is 464 g/mol. The van der Waals surface area contributed by atoms with Gasteiger partial charge in [0, 0.05) is 22.5 Å². The standard InChI is InChI=1S/C21H17ClF3N5O2/c1-32-20(31)18-17(27)11(9-26)10-29(18)16-8-12(22)6-7-15(16)30-14-5-3-2-4-13(14)19(28-30)21(23,24)25/h6-8,10H,2-5,27H2,1H3. The second-order valence-electron chi connectivity index (χ2n) is 7.30. The first-order valence-corrected chi connectivity index (χ1v) is 10.0. The second kappa shape index (κ2) is 7.91. The zero-order valence-electron chi connectivity index (χ0n) is 16.8. The van der Waals surface area contributed by atoms with Crippen molar-refractivity contribution in [3.05, 3.63) is 57.6 Å². The van der Waals surface area contributed by atoms with Crippen LogP contribution in [0, 0.1) is 11.3 Å². The summed E-state index contributed by atoms with van der Waals surface area (Å²) >= 11 is 6.19. The smallest absolute Gasteiger partial charge is 0.435 e. The molecule has 0 aliphatic heterocycles. The van der Waals surface area contributed by atoms with Crippen molar-refractivity contribution in [2.24, 2.45) is 0 Å². The van der Waals surface area contributed by atoms with Gasteiger partial charge in [0.2, 0.25) is 0 Å². The Morgan fingerprint density at radius 3 is 2.66 bits per heavy atom. The van der Waals surface area contributed by atoms with Crippen molar-refractivity contribution in [1.82, 2.24) is 14.3 Å². The summed E-state index contributed by atoms with van der Waals surface area (Å²) < 4.78 is 48.4. The molecule has 0 spiro atoms. The van der Waals surface area contributed by atoms with Gasteiger partial charge in [0.25, 0.3) is 0 Å². The van der Waals surface area contributed by atoms with Crippen LogP contribution in [-0.2, 0) is 23.8 Å². The van der Waals surface area contributed by atoms with E-state index >= 15 is 0 Å². The van der Waals surface area contributed by atoms with E-state index in [9.17, 15) is 23.2 Å². The van der Waals surface area contributed by atoms with E-state index < -0.39 is 17.8 Å². The largest absolute Gasteiger partial charge is 0.464 e. The molecule has 1 aliphatic carbocycles. The molecule has 2 N–H and O–H groups in total. The maximum absolute atomic E-state index is 13.7. The van der Waals surface area contributed by atoms with E-state index in [1.807, 2.05) is 6.07 Å². The third-order valence-electron chi connectivity index (χ3n) is 5.42. The van der Waals surface area contributed by atoms with Gasteiger partial charge in [-0.1, -0.05) is 11.6 Å². The van der Waals surface area contributed by atoms with Gasteiger partial charge < -0.3 is 15.0 Å². The third-order valence-corrected chi connectivity index (χ3v) is 5.65. The lowest BCUT2D eigenvalue weighted by molar-refractivity contribution is -0.142. The molecular formula is C21H17ClF3N5O2. The van der Waals surface area contributed by atoms with Crippen LogP contribution in [0.15, 0.2) is 24.4 Å². The van der Waals surface area contributed by atoms with Gasteiger partial charge in [0.1, 0.15) is 6.07 Å². The minimum atomic E-state index is -4.61. The van der Waals surface area contributed by atoms with Gasteiger partial charge in [-0.15, -0.1) is 0 Å². The highest BCUT2D eigenvalue weighted by Crippen LogP contribution is 2.38. The molecule has 0 bridgehead atoms. The molecule has 1 aromatic carbocycles. The van der Waals surface area contributed by atoms with E-state index in [2.05, 4.69) is 5.10 Å². The number of ether oxygens (including phenoxy) is 1. The number of hydrogen-bond donors (Lipinski definition) is 1. The van der Waals surface area contributed by atoms with E-state index in [4.69, 9.17) is 22.1 Å². The van der Waals surface area contributed by atoms with Crippen LogP contribution in [0.2, 0.25) is 5.02 Å². The molecule has 2 aromatic heterocycles. The predicted octanol–water partition coefficient (Wildman–Crippen LogP) is 4.45. The molecule has 4 rings (SSSR count). The highest BCUT2D eigenvalue weighted by molar-refractivity contribution is 6.30. The highest BCUT2D eigenvalue weighted by Gasteiger charge is 2.40. The topological polar surface area (TPSA) is 98.9 Å². The minimum Gasteiger partial charge on any atom is -0.464 e. The summed E-state index contributed by atoms with van der Waals surface area (Å²) in [6.07, 6.45) is -1.24. The first kappa shape index (κ1) is 21.8. The fraction of sp³-hybridized carbons (Fsp3) is 0.286. The van der Waals surface area contributed by atoms with Gasteiger partial charge >= 0.3 is 12.1 Å².